The molecule has 18 heavy (non-hydrogen) atoms. The third-order valence-electron chi connectivity index (χ3n) is 3.21. The average molecular weight is 299 g/mol. The molecule has 6 heteroatoms. The van der Waals surface area contributed by atoms with E-state index in [4.69, 9.17) is 27.9 Å². The van der Waals surface area contributed by atoms with E-state index in [9.17, 15) is 13.2 Å². The molecule has 1 saturated heterocycles. The van der Waals surface area contributed by atoms with Gasteiger partial charge in [0.2, 0.25) is 0 Å². The Hall–Kier alpha value is -0.450. The molecule has 1 nitrogen and oxygen atoms in total. The summed E-state index contributed by atoms with van der Waals surface area (Å²) >= 11 is 11.7. The minimum absolute atomic E-state index is 0.00862. The Balaban J connectivity index is 2.09. The first-order valence-corrected chi connectivity index (χ1v) is 6.24. The van der Waals surface area contributed by atoms with Crippen LogP contribution in [-0.4, -0.2) is 18.4 Å². The Morgan fingerprint density at radius 3 is 2.44 bits per heavy atom. The molecule has 0 radical (unpaired) electrons. The molecule has 1 atom stereocenters. The first-order chi connectivity index (χ1) is 8.34. The minimum Gasteiger partial charge on any atom is -0.365 e. The van der Waals surface area contributed by atoms with E-state index in [0.717, 1.165) is 0 Å². The summed E-state index contributed by atoms with van der Waals surface area (Å²) in [5.41, 5.74) is -1.39. The van der Waals surface area contributed by atoms with E-state index in [1.807, 2.05) is 0 Å². The van der Waals surface area contributed by atoms with Crippen molar-refractivity contribution in [2.75, 3.05) is 6.61 Å². The van der Waals surface area contributed by atoms with Gasteiger partial charge in [-0.05, 0) is 36.6 Å². The Labute approximate surface area is 113 Å². The molecule has 1 aromatic carbocycles. The molecule has 0 bridgehead atoms. The highest BCUT2D eigenvalue weighted by molar-refractivity contribution is 6.33. The van der Waals surface area contributed by atoms with Crippen LogP contribution in [0.3, 0.4) is 0 Å². The SMILES string of the molecule is FC(F)(F)C1(CCc2cc(Cl)ccc2Cl)CCO1. The van der Waals surface area contributed by atoms with Gasteiger partial charge in [-0.25, -0.2) is 0 Å². The maximum atomic E-state index is 12.9. The van der Waals surface area contributed by atoms with E-state index in [0.29, 0.717) is 15.6 Å². The van der Waals surface area contributed by atoms with Gasteiger partial charge in [0, 0.05) is 16.5 Å². The highest BCUT2D eigenvalue weighted by atomic mass is 35.5. The van der Waals surface area contributed by atoms with Crippen LogP contribution in [0.4, 0.5) is 13.2 Å². The zero-order valence-corrected chi connectivity index (χ0v) is 10.9. The van der Waals surface area contributed by atoms with Crippen molar-refractivity contribution < 1.29 is 17.9 Å². The second kappa shape index (κ2) is 4.91. The number of aryl methyl sites for hydroxylation is 1. The normalized spacial score (nSPS) is 23.8. The predicted octanol–water partition coefficient (Wildman–Crippen LogP) is 4.65. The van der Waals surface area contributed by atoms with Crippen molar-refractivity contribution in [1.82, 2.24) is 0 Å². The molecule has 0 saturated carbocycles. The van der Waals surface area contributed by atoms with E-state index in [1.54, 1.807) is 18.2 Å². The van der Waals surface area contributed by atoms with Crippen LogP contribution >= 0.6 is 23.2 Å². The highest BCUT2D eigenvalue weighted by Gasteiger charge is 2.59. The van der Waals surface area contributed by atoms with Gasteiger partial charge in [-0.3, -0.25) is 0 Å². The lowest BCUT2D eigenvalue weighted by molar-refractivity contribution is -0.327. The van der Waals surface area contributed by atoms with Gasteiger partial charge in [-0.15, -0.1) is 0 Å². The predicted molar refractivity (Wildman–Crippen MR) is 64.1 cm³/mol. The van der Waals surface area contributed by atoms with Gasteiger partial charge in [0.05, 0.1) is 6.61 Å². The molecular weight excluding hydrogens is 288 g/mol. The summed E-state index contributed by atoms with van der Waals surface area (Å²) < 4.78 is 43.3. The van der Waals surface area contributed by atoms with E-state index >= 15 is 0 Å². The van der Waals surface area contributed by atoms with Crippen molar-refractivity contribution in [1.29, 1.82) is 0 Å². The first-order valence-electron chi connectivity index (χ1n) is 5.49. The van der Waals surface area contributed by atoms with Crippen LogP contribution in [0.25, 0.3) is 0 Å². The lowest BCUT2D eigenvalue weighted by atomic mass is 9.87. The second-order valence-electron chi connectivity index (χ2n) is 4.33. The molecule has 1 fully saturated rings. The molecule has 1 aromatic rings. The summed E-state index contributed by atoms with van der Waals surface area (Å²) in [6, 6.07) is 4.78. The van der Waals surface area contributed by atoms with Crippen LogP contribution in [-0.2, 0) is 11.2 Å². The summed E-state index contributed by atoms with van der Waals surface area (Å²) in [5, 5.41) is 0.890. The minimum atomic E-state index is -4.34. The standard InChI is InChI=1S/C12H11Cl2F3O/c13-9-1-2-10(14)8(7-9)3-4-11(5-6-18-11)12(15,16)17/h1-2,7H,3-6H2. The lowest BCUT2D eigenvalue weighted by Crippen LogP contribution is -2.55. The number of hydrogen-bond acceptors (Lipinski definition) is 1. The molecule has 2 rings (SSSR count). The van der Waals surface area contributed by atoms with Gasteiger partial charge in [-0.1, -0.05) is 23.2 Å². The summed E-state index contributed by atoms with van der Waals surface area (Å²) in [6.07, 6.45) is -4.26. The van der Waals surface area contributed by atoms with Crippen molar-refractivity contribution in [2.45, 2.75) is 31.0 Å². The van der Waals surface area contributed by atoms with Gasteiger partial charge in [0.1, 0.15) is 0 Å². The van der Waals surface area contributed by atoms with Crippen LogP contribution in [0.5, 0.6) is 0 Å². The molecular formula is C12H11Cl2F3O. The fourth-order valence-corrected chi connectivity index (χ4v) is 2.39. The van der Waals surface area contributed by atoms with Crippen molar-refractivity contribution in [2.24, 2.45) is 0 Å². The maximum absolute atomic E-state index is 12.9. The summed E-state index contributed by atoms with van der Waals surface area (Å²) in [4.78, 5) is 0. The highest BCUT2D eigenvalue weighted by Crippen LogP contribution is 2.45. The molecule has 1 aliphatic rings. The summed E-state index contributed by atoms with van der Waals surface area (Å²) in [5.74, 6) is 0. The Bertz CT molecular complexity index is 441. The van der Waals surface area contributed by atoms with Gasteiger partial charge >= 0.3 is 6.18 Å². The number of alkyl halides is 3. The molecule has 1 unspecified atom stereocenters. The summed E-state index contributed by atoms with van der Waals surface area (Å²) in [7, 11) is 0. The number of halogens is 5. The lowest BCUT2D eigenvalue weighted by Gasteiger charge is -2.43. The quantitative estimate of drug-likeness (QED) is 0.789. The number of rotatable bonds is 3. The topological polar surface area (TPSA) is 9.23 Å². The zero-order valence-electron chi connectivity index (χ0n) is 9.36. The van der Waals surface area contributed by atoms with E-state index in [-0.39, 0.29) is 25.9 Å². The first kappa shape index (κ1) is 14.0. The Morgan fingerprint density at radius 2 is 1.94 bits per heavy atom. The van der Waals surface area contributed by atoms with Crippen LogP contribution in [0.2, 0.25) is 10.0 Å². The molecule has 100 valence electrons. The van der Waals surface area contributed by atoms with Gasteiger partial charge in [0.25, 0.3) is 0 Å². The van der Waals surface area contributed by atoms with Crippen LogP contribution in [0.15, 0.2) is 18.2 Å². The molecule has 0 aromatic heterocycles. The largest absolute Gasteiger partial charge is 0.417 e. The fourth-order valence-electron chi connectivity index (χ4n) is 1.98. The monoisotopic (exact) mass is 298 g/mol. The molecule has 0 amide bonds. The zero-order chi connectivity index (χ0) is 13.4. The van der Waals surface area contributed by atoms with Crippen molar-refractivity contribution in [3.63, 3.8) is 0 Å². The number of hydrogen-bond donors (Lipinski definition) is 0. The van der Waals surface area contributed by atoms with E-state index in [1.165, 1.54) is 0 Å². The van der Waals surface area contributed by atoms with Crippen LogP contribution in [0.1, 0.15) is 18.4 Å². The molecule has 0 aliphatic carbocycles. The van der Waals surface area contributed by atoms with Gasteiger partial charge < -0.3 is 4.74 Å². The average Bonchev–Trinajstić information content (AvgIpc) is 2.19. The molecule has 1 heterocycles. The molecule has 0 spiro atoms. The van der Waals surface area contributed by atoms with Crippen molar-refractivity contribution in [3.8, 4) is 0 Å². The number of benzene rings is 1. The third-order valence-corrected chi connectivity index (χ3v) is 3.81. The molecule has 0 N–H and O–H groups in total. The van der Waals surface area contributed by atoms with Crippen LogP contribution < -0.4 is 0 Å². The van der Waals surface area contributed by atoms with Gasteiger partial charge in [-0.2, -0.15) is 13.2 Å². The van der Waals surface area contributed by atoms with Gasteiger partial charge in [0.15, 0.2) is 5.60 Å². The Kier molecular flexibility index (Phi) is 3.81. The van der Waals surface area contributed by atoms with E-state index in [2.05, 4.69) is 0 Å². The fraction of sp³-hybridized carbons (Fsp3) is 0.500. The smallest absolute Gasteiger partial charge is 0.365 e. The second-order valence-corrected chi connectivity index (χ2v) is 5.17. The maximum Gasteiger partial charge on any atom is 0.417 e. The third kappa shape index (κ3) is 2.60. The van der Waals surface area contributed by atoms with Crippen LogP contribution in [0, 0.1) is 0 Å². The van der Waals surface area contributed by atoms with Crippen molar-refractivity contribution in [3.05, 3.63) is 33.8 Å². The van der Waals surface area contributed by atoms with Crippen molar-refractivity contribution >= 4 is 23.2 Å². The molecule has 1 aliphatic heterocycles. The number of ether oxygens (including phenoxy) is 1. The van der Waals surface area contributed by atoms with E-state index < -0.39 is 11.8 Å². The Morgan fingerprint density at radius 1 is 1.28 bits per heavy atom. The summed E-state index contributed by atoms with van der Waals surface area (Å²) in [6.45, 7) is 0.156.